The molecule has 0 radical (unpaired) electrons. The van der Waals surface area contributed by atoms with Gasteiger partial charge in [-0.2, -0.15) is 0 Å². The van der Waals surface area contributed by atoms with Gasteiger partial charge < -0.3 is 15.2 Å². The van der Waals surface area contributed by atoms with E-state index < -0.39 is 23.6 Å². The van der Waals surface area contributed by atoms with E-state index in [9.17, 15) is 18.7 Å². The summed E-state index contributed by atoms with van der Waals surface area (Å²) in [4.78, 5) is 12.0. The average molecular weight is 331 g/mol. The molecule has 2 N–H and O–H groups in total. The minimum atomic E-state index is -1.17. The van der Waals surface area contributed by atoms with E-state index in [4.69, 9.17) is 11.2 Å². The highest BCUT2D eigenvalue weighted by atomic mass is 19.1. The maximum atomic E-state index is 13.3. The maximum absolute atomic E-state index is 13.3. The normalized spacial score (nSPS) is 11.4. The summed E-state index contributed by atoms with van der Waals surface area (Å²) in [6, 6.07) is 8.92. The molecule has 2 rings (SSSR count). The standard InChI is InChI=1S/C18H15F2NO3/c1-2-8-24-17-10-14(20)6-7-15(17)21-18(23)11-16(22)12-4-3-5-13(19)9-12/h1,3-7,9-10,16,22H,8,11H2,(H,21,23). The highest BCUT2D eigenvalue weighted by Crippen LogP contribution is 2.26. The highest BCUT2D eigenvalue weighted by Gasteiger charge is 2.15. The van der Waals surface area contributed by atoms with E-state index in [-0.39, 0.29) is 30.0 Å². The molecule has 0 saturated heterocycles. The monoisotopic (exact) mass is 331 g/mol. The van der Waals surface area contributed by atoms with Gasteiger partial charge in [-0.25, -0.2) is 8.78 Å². The Morgan fingerprint density at radius 3 is 2.71 bits per heavy atom. The molecule has 6 heteroatoms. The molecule has 0 aliphatic heterocycles. The molecule has 1 atom stereocenters. The topological polar surface area (TPSA) is 58.6 Å². The van der Waals surface area contributed by atoms with Gasteiger partial charge in [0, 0.05) is 6.07 Å². The van der Waals surface area contributed by atoms with Crippen molar-refractivity contribution in [3.05, 3.63) is 59.7 Å². The third-order valence-corrected chi connectivity index (χ3v) is 3.14. The lowest BCUT2D eigenvalue weighted by Gasteiger charge is -2.14. The van der Waals surface area contributed by atoms with E-state index in [1.807, 2.05) is 0 Å². The number of amides is 1. The number of carbonyl (C=O) groups excluding carboxylic acids is 1. The van der Waals surface area contributed by atoms with Crippen LogP contribution in [0.2, 0.25) is 0 Å². The SMILES string of the molecule is C#CCOc1cc(F)ccc1NC(=O)CC(O)c1cccc(F)c1. The quantitative estimate of drug-likeness (QED) is 0.800. The molecule has 2 aromatic rings. The Bertz CT molecular complexity index is 771. The van der Waals surface area contributed by atoms with Crippen molar-refractivity contribution >= 4 is 11.6 Å². The molecule has 24 heavy (non-hydrogen) atoms. The predicted molar refractivity (Wildman–Crippen MR) is 85.3 cm³/mol. The molecule has 0 heterocycles. The van der Waals surface area contributed by atoms with Crippen molar-refractivity contribution < 1.29 is 23.4 Å². The van der Waals surface area contributed by atoms with Crippen LogP contribution in [0.3, 0.4) is 0 Å². The zero-order valence-corrected chi connectivity index (χ0v) is 12.6. The predicted octanol–water partition coefficient (Wildman–Crippen LogP) is 3.04. The first-order chi connectivity index (χ1) is 11.5. The first-order valence-corrected chi connectivity index (χ1v) is 7.09. The summed E-state index contributed by atoms with van der Waals surface area (Å²) in [7, 11) is 0. The van der Waals surface area contributed by atoms with Crippen molar-refractivity contribution in [1.82, 2.24) is 0 Å². The molecule has 0 aliphatic carbocycles. The molecule has 0 spiro atoms. The van der Waals surface area contributed by atoms with Gasteiger partial charge in [-0.1, -0.05) is 18.1 Å². The number of aliphatic hydroxyl groups excluding tert-OH is 1. The lowest BCUT2D eigenvalue weighted by molar-refractivity contribution is -0.118. The summed E-state index contributed by atoms with van der Waals surface area (Å²) in [6.07, 6.45) is 3.62. The number of hydrogen-bond acceptors (Lipinski definition) is 3. The average Bonchev–Trinajstić information content (AvgIpc) is 2.55. The molecule has 0 saturated carbocycles. The molecule has 0 fully saturated rings. The number of terminal acetylenes is 1. The van der Waals surface area contributed by atoms with Crippen molar-refractivity contribution in [1.29, 1.82) is 0 Å². The van der Waals surface area contributed by atoms with Gasteiger partial charge in [0.25, 0.3) is 0 Å². The second-order valence-corrected chi connectivity index (χ2v) is 4.96. The molecule has 4 nitrogen and oxygen atoms in total. The second kappa shape index (κ2) is 8.09. The zero-order chi connectivity index (χ0) is 17.5. The van der Waals surface area contributed by atoms with Crippen LogP contribution in [0.4, 0.5) is 14.5 Å². The minimum Gasteiger partial charge on any atom is -0.479 e. The van der Waals surface area contributed by atoms with Crippen LogP contribution in [0.1, 0.15) is 18.1 Å². The van der Waals surface area contributed by atoms with Crippen LogP contribution in [-0.2, 0) is 4.79 Å². The summed E-state index contributed by atoms with van der Waals surface area (Å²) in [6.45, 7) is -0.0851. The molecular weight excluding hydrogens is 316 g/mol. The fraction of sp³-hybridized carbons (Fsp3) is 0.167. The number of rotatable bonds is 6. The van der Waals surface area contributed by atoms with E-state index in [2.05, 4.69) is 11.2 Å². The van der Waals surface area contributed by atoms with E-state index in [0.717, 1.165) is 18.2 Å². The fourth-order valence-electron chi connectivity index (χ4n) is 2.05. The van der Waals surface area contributed by atoms with Gasteiger partial charge in [-0.05, 0) is 29.8 Å². The third-order valence-electron chi connectivity index (χ3n) is 3.14. The summed E-state index contributed by atoms with van der Waals surface area (Å²) in [5.74, 6) is 0.743. The van der Waals surface area contributed by atoms with Crippen molar-refractivity contribution in [2.45, 2.75) is 12.5 Å². The number of carbonyl (C=O) groups is 1. The summed E-state index contributed by atoms with van der Waals surface area (Å²) < 4.78 is 31.6. The number of halogens is 2. The van der Waals surface area contributed by atoms with Crippen LogP contribution in [0, 0.1) is 24.0 Å². The van der Waals surface area contributed by atoms with Gasteiger partial charge in [0.05, 0.1) is 18.2 Å². The van der Waals surface area contributed by atoms with Crippen molar-refractivity contribution in [3.63, 3.8) is 0 Å². The van der Waals surface area contributed by atoms with Crippen LogP contribution in [-0.4, -0.2) is 17.6 Å². The summed E-state index contributed by atoms with van der Waals surface area (Å²) in [5.41, 5.74) is 0.510. The smallest absolute Gasteiger partial charge is 0.227 e. The summed E-state index contributed by atoms with van der Waals surface area (Å²) >= 11 is 0. The molecule has 0 aromatic heterocycles. The number of anilines is 1. The van der Waals surface area contributed by atoms with E-state index in [1.54, 1.807) is 0 Å². The number of nitrogens with one attached hydrogen (secondary N) is 1. The van der Waals surface area contributed by atoms with Gasteiger partial charge in [0.1, 0.15) is 24.0 Å². The Morgan fingerprint density at radius 1 is 1.25 bits per heavy atom. The van der Waals surface area contributed by atoms with Gasteiger partial charge in [0.2, 0.25) is 5.91 Å². The highest BCUT2D eigenvalue weighted by molar-refractivity contribution is 5.92. The van der Waals surface area contributed by atoms with Gasteiger partial charge in [-0.3, -0.25) is 4.79 Å². The molecule has 1 unspecified atom stereocenters. The third kappa shape index (κ3) is 4.80. The number of aliphatic hydroxyl groups is 1. The Balaban J connectivity index is 2.05. The molecule has 0 bridgehead atoms. The van der Waals surface area contributed by atoms with E-state index in [0.29, 0.717) is 0 Å². The number of benzene rings is 2. The Labute approximate surface area is 138 Å². The van der Waals surface area contributed by atoms with Crippen molar-refractivity contribution in [2.24, 2.45) is 0 Å². The van der Waals surface area contributed by atoms with Gasteiger partial charge in [0.15, 0.2) is 0 Å². The second-order valence-electron chi connectivity index (χ2n) is 4.96. The lowest BCUT2D eigenvalue weighted by Crippen LogP contribution is -2.16. The van der Waals surface area contributed by atoms with E-state index >= 15 is 0 Å². The summed E-state index contributed by atoms with van der Waals surface area (Å²) in [5, 5.41) is 12.5. The van der Waals surface area contributed by atoms with Crippen molar-refractivity contribution in [2.75, 3.05) is 11.9 Å². The largest absolute Gasteiger partial charge is 0.479 e. The van der Waals surface area contributed by atoms with Gasteiger partial charge >= 0.3 is 0 Å². The molecule has 1 amide bonds. The first kappa shape index (κ1) is 17.4. The van der Waals surface area contributed by atoms with Crippen LogP contribution < -0.4 is 10.1 Å². The molecular formula is C18H15F2NO3. The number of hydrogen-bond donors (Lipinski definition) is 2. The Kier molecular flexibility index (Phi) is 5.88. The Morgan fingerprint density at radius 2 is 2.00 bits per heavy atom. The van der Waals surface area contributed by atoms with Gasteiger partial charge in [-0.15, -0.1) is 6.42 Å². The fourth-order valence-corrected chi connectivity index (χ4v) is 2.05. The maximum Gasteiger partial charge on any atom is 0.227 e. The zero-order valence-electron chi connectivity index (χ0n) is 12.6. The first-order valence-electron chi connectivity index (χ1n) is 7.09. The Hall–Kier alpha value is -2.91. The lowest BCUT2D eigenvalue weighted by atomic mass is 10.1. The van der Waals surface area contributed by atoms with E-state index in [1.165, 1.54) is 24.3 Å². The molecule has 124 valence electrons. The molecule has 2 aromatic carbocycles. The molecule has 0 aliphatic rings. The van der Waals surface area contributed by atoms with Crippen LogP contribution in [0.25, 0.3) is 0 Å². The number of ether oxygens (including phenoxy) is 1. The van der Waals surface area contributed by atoms with Crippen LogP contribution in [0.5, 0.6) is 5.75 Å². The van der Waals surface area contributed by atoms with Crippen molar-refractivity contribution in [3.8, 4) is 18.1 Å². The van der Waals surface area contributed by atoms with Crippen LogP contribution in [0.15, 0.2) is 42.5 Å². The minimum absolute atomic E-state index is 0.0848. The van der Waals surface area contributed by atoms with Crippen LogP contribution >= 0.6 is 0 Å².